The Balaban J connectivity index is 1.55. The maximum absolute atomic E-state index is 12.8. The van der Waals surface area contributed by atoms with Crippen molar-refractivity contribution in [2.45, 2.75) is 31.2 Å². The fourth-order valence-electron chi connectivity index (χ4n) is 3.37. The fraction of sp³-hybridized carbons (Fsp3) is 0.333. The molecule has 25 heavy (non-hydrogen) atoms. The third kappa shape index (κ3) is 3.17. The van der Waals surface area contributed by atoms with E-state index in [4.69, 9.17) is 0 Å². The van der Waals surface area contributed by atoms with Gasteiger partial charge in [-0.2, -0.15) is 0 Å². The van der Waals surface area contributed by atoms with E-state index in [0.717, 1.165) is 36.2 Å². The molecule has 0 saturated heterocycles. The highest BCUT2D eigenvalue weighted by atomic mass is 32.2. The lowest BCUT2D eigenvalue weighted by Crippen LogP contribution is -2.33. The molecule has 0 radical (unpaired) electrons. The molecule has 0 amide bonds. The minimum absolute atomic E-state index is 0.240. The molecule has 3 heterocycles. The topological polar surface area (TPSA) is 76.9 Å². The summed E-state index contributed by atoms with van der Waals surface area (Å²) in [5.41, 5.74) is 1.52. The van der Waals surface area contributed by atoms with E-state index in [1.165, 1.54) is 0 Å². The molecule has 1 unspecified atom stereocenters. The predicted octanol–water partition coefficient (Wildman–Crippen LogP) is 2.28. The van der Waals surface area contributed by atoms with Crippen LogP contribution in [0.3, 0.4) is 0 Å². The number of aryl methyl sites for hydroxylation is 2. The Morgan fingerprint density at radius 3 is 3.08 bits per heavy atom. The van der Waals surface area contributed by atoms with Gasteiger partial charge in [0.15, 0.2) is 0 Å². The summed E-state index contributed by atoms with van der Waals surface area (Å²) < 4.78 is 30.5. The molecule has 1 aromatic carbocycles. The summed E-state index contributed by atoms with van der Waals surface area (Å²) in [5.74, 6) is 1.34. The molecule has 1 aliphatic heterocycles. The second-order valence-corrected chi connectivity index (χ2v) is 8.33. The summed E-state index contributed by atoms with van der Waals surface area (Å²) in [6.07, 6.45) is 7.27. The highest BCUT2D eigenvalue weighted by molar-refractivity contribution is 7.89. The normalized spacial score (nSPS) is 17.6. The number of hydrogen-bond acceptors (Lipinski definition) is 4. The summed E-state index contributed by atoms with van der Waals surface area (Å²) in [6, 6.07) is 7.21. The summed E-state index contributed by atoms with van der Waals surface area (Å²) in [5, 5.41) is 0.837. The van der Waals surface area contributed by atoms with Gasteiger partial charge in [-0.25, -0.2) is 18.1 Å². The lowest BCUT2D eigenvalue weighted by atomic mass is 10.00. The largest absolute Gasteiger partial charge is 0.335 e. The molecule has 1 N–H and O–H groups in total. The van der Waals surface area contributed by atoms with Crippen LogP contribution in [-0.4, -0.2) is 29.5 Å². The molecule has 6 nitrogen and oxygen atoms in total. The Bertz CT molecular complexity index is 1030. The molecule has 1 aliphatic rings. The van der Waals surface area contributed by atoms with Crippen LogP contribution in [0.5, 0.6) is 0 Å². The zero-order valence-electron chi connectivity index (χ0n) is 14.0. The third-order valence-corrected chi connectivity index (χ3v) is 6.15. The van der Waals surface area contributed by atoms with Gasteiger partial charge in [0.05, 0.1) is 5.52 Å². The number of imidazole rings is 1. The SMILES string of the molecule is Cc1cnc2c(S(=O)(=O)NCC3CCc4nccn4C3)cccc2c1. The van der Waals surface area contributed by atoms with E-state index in [1.54, 1.807) is 24.5 Å². The van der Waals surface area contributed by atoms with Crippen LogP contribution >= 0.6 is 0 Å². The van der Waals surface area contributed by atoms with Gasteiger partial charge in [0, 0.05) is 43.5 Å². The average molecular weight is 356 g/mol. The molecule has 130 valence electrons. The van der Waals surface area contributed by atoms with Crippen LogP contribution < -0.4 is 4.72 Å². The predicted molar refractivity (Wildman–Crippen MR) is 95.7 cm³/mol. The molecular weight excluding hydrogens is 336 g/mol. The van der Waals surface area contributed by atoms with Gasteiger partial charge in [-0.3, -0.25) is 4.98 Å². The second-order valence-electron chi connectivity index (χ2n) is 6.59. The maximum atomic E-state index is 12.8. The Morgan fingerprint density at radius 1 is 1.32 bits per heavy atom. The quantitative estimate of drug-likeness (QED) is 0.778. The van der Waals surface area contributed by atoms with Crippen molar-refractivity contribution in [3.63, 3.8) is 0 Å². The maximum Gasteiger partial charge on any atom is 0.242 e. The third-order valence-electron chi connectivity index (χ3n) is 4.70. The van der Waals surface area contributed by atoms with Crippen molar-refractivity contribution in [3.8, 4) is 0 Å². The zero-order valence-corrected chi connectivity index (χ0v) is 14.8. The minimum atomic E-state index is -3.60. The van der Waals surface area contributed by atoms with Crippen molar-refractivity contribution >= 4 is 20.9 Å². The second kappa shape index (κ2) is 6.24. The number of para-hydroxylation sites is 1. The fourth-order valence-corrected chi connectivity index (χ4v) is 4.66. The molecule has 1 atom stereocenters. The van der Waals surface area contributed by atoms with E-state index in [1.807, 2.05) is 25.3 Å². The highest BCUT2D eigenvalue weighted by Gasteiger charge is 2.23. The molecule has 0 bridgehead atoms. The van der Waals surface area contributed by atoms with Crippen LogP contribution in [0, 0.1) is 12.8 Å². The number of aromatic nitrogens is 3. The first-order valence-corrected chi connectivity index (χ1v) is 9.86. The van der Waals surface area contributed by atoms with Crippen molar-refractivity contribution in [3.05, 3.63) is 54.2 Å². The van der Waals surface area contributed by atoms with Crippen LogP contribution in [0.4, 0.5) is 0 Å². The number of hydrogen-bond donors (Lipinski definition) is 1. The van der Waals surface area contributed by atoms with Crippen molar-refractivity contribution in [1.29, 1.82) is 0 Å². The van der Waals surface area contributed by atoms with Crippen LogP contribution in [0.2, 0.25) is 0 Å². The first kappa shape index (κ1) is 16.2. The van der Waals surface area contributed by atoms with Gasteiger partial charge in [-0.1, -0.05) is 12.1 Å². The van der Waals surface area contributed by atoms with Crippen molar-refractivity contribution in [1.82, 2.24) is 19.3 Å². The smallest absolute Gasteiger partial charge is 0.242 e. The lowest BCUT2D eigenvalue weighted by molar-refractivity contribution is 0.363. The first-order valence-electron chi connectivity index (χ1n) is 8.38. The Morgan fingerprint density at radius 2 is 2.20 bits per heavy atom. The number of nitrogens with one attached hydrogen (secondary N) is 1. The molecule has 0 saturated carbocycles. The number of benzene rings is 1. The van der Waals surface area contributed by atoms with E-state index >= 15 is 0 Å². The molecule has 7 heteroatoms. The number of rotatable bonds is 4. The summed E-state index contributed by atoms with van der Waals surface area (Å²) in [7, 11) is -3.60. The van der Waals surface area contributed by atoms with Crippen molar-refractivity contribution < 1.29 is 8.42 Å². The standard InChI is InChI=1S/C18H20N4O2S/c1-13-9-15-3-2-4-16(18(15)20-10-13)25(23,24)21-11-14-5-6-17-19-7-8-22(17)12-14/h2-4,7-10,14,21H,5-6,11-12H2,1H3. The highest BCUT2D eigenvalue weighted by Crippen LogP contribution is 2.23. The number of nitrogens with zero attached hydrogens (tertiary/aromatic N) is 3. The Hall–Kier alpha value is -2.25. The Kier molecular flexibility index (Phi) is 4.05. The van der Waals surface area contributed by atoms with E-state index in [-0.39, 0.29) is 10.8 Å². The summed E-state index contributed by atoms with van der Waals surface area (Å²) in [6.45, 7) is 3.16. The van der Waals surface area contributed by atoms with E-state index in [2.05, 4.69) is 19.3 Å². The van der Waals surface area contributed by atoms with E-state index in [9.17, 15) is 8.42 Å². The molecule has 4 rings (SSSR count). The molecule has 0 aliphatic carbocycles. The summed E-state index contributed by atoms with van der Waals surface area (Å²) >= 11 is 0. The molecular formula is C18H20N4O2S. The molecule has 3 aromatic rings. The van der Waals surface area contributed by atoms with Gasteiger partial charge >= 0.3 is 0 Å². The number of fused-ring (bicyclic) bond motifs is 2. The van der Waals surface area contributed by atoms with Crippen LogP contribution in [0.15, 0.2) is 47.8 Å². The number of sulfonamides is 1. The van der Waals surface area contributed by atoms with Crippen molar-refractivity contribution in [2.24, 2.45) is 5.92 Å². The Labute approximate surface area is 147 Å². The van der Waals surface area contributed by atoms with Gasteiger partial charge in [-0.15, -0.1) is 0 Å². The van der Waals surface area contributed by atoms with Gasteiger partial charge in [-0.05, 0) is 37.0 Å². The summed E-state index contributed by atoms with van der Waals surface area (Å²) in [4.78, 5) is 8.88. The molecule has 2 aromatic heterocycles. The average Bonchev–Trinajstić information content (AvgIpc) is 3.07. The van der Waals surface area contributed by atoms with Crippen LogP contribution in [0.1, 0.15) is 17.8 Å². The minimum Gasteiger partial charge on any atom is -0.335 e. The molecule has 0 fully saturated rings. The molecule has 0 spiro atoms. The van der Waals surface area contributed by atoms with Gasteiger partial charge in [0.1, 0.15) is 10.7 Å². The first-order chi connectivity index (χ1) is 12.0. The van der Waals surface area contributed by atoms with Gasteiger partial charge in [0.2, 0.25) is 10.0 Å². The number of pyridine rings is 1. The van der Waals surface area contributed by atoms with Crippen LogP contribution in [-0.2, 0) is 23.0 Å². The monoisotopic (exact) mass is 356 g/mol. The van der Waals surface area contributed by atoms with E-state index < -0.39 is 10.0 Å². The van der Waals surface area contributed by atoms with Gasteiger partial charge in [0.25, 0.3) is 0 Å². The van der Waals surface area contributed by atoms with E-state index in [0.29, 0.717) is 12.1 Å². The van der Waals surface area contributed by atoms with Gasteiger partial charge < -0.3 is 4.57 Å². The van der Waals surface area contributed by atoms with Crippen LogP contribution in [0.25, 0.3) is 10.9 Å². The van der Waals surface area contributed by atoms with Crippen molar-refractivity contribution in [2.75, 3.05) is 6.54 Å². The lowest BCUT2D eigenvalue weighted by Gasteiger charge is -2.24. The zero-order chi connectivity index (χ0) is 17.4.